The second kappa shape index (κ2) is 10.3. The van der Waals surface area contributed by atoms with Crippen LogP contribution in [0.5, 0.6) is 0 Å². The fourth-order valence-electron chi connectivity index (χ4n) is 5.90. The number of benzene rings is 2. The molecule has 2 aliphatic carbocycles. The monoisotopic (exact) mass is 530 g/mol. The van der Waals surface area contributed by atoms with E-state index in [9.17, 15) is 27.6 Å². The minimum absolute atomic E-state index is 0.0297. The van der Waals surface area contributed by atoms with Crippen LogP contribution in [0.1, 0.15) is 67.7 Å². The van der Waals surface area contributed by atoms with Gasteiger partial charge in [-0.05, 0) is 55.0 Å². The van der Waals surface area contributed by atoms with Crippen LogP contribution in [0.15, 0.2) is 48.5 Å². The van der Waals surface area contributed by atoms with E-state index in [0.29, 0.717) is 11.3 Å². The van der Waals surface area contributed by atoms with Crippen LogP contribution in [-0.4, -0.2) is 40.1 Å². The van der Waals surface area contributed by atoms with Crippen LogP contribution in [0, 0.1) is 5.92 Å². The van der Waals surface area contributed by atoms with Crippen molar-refractivity contribution in [2.24, 2.45) is 5.92 Å². The Morgan fingerprint density at radius 1 is 0.974 bits per heavy atom. The zero-order valence-corrected chi connectivity index (χ0v) is 20.7. The number of anilines is 1. The lowest BCUT2D eigenvalue weighted by Gasteiger charge is -2.47. The SMILES string of the molecule is O=C(O)CCC(=O)N(C1CC1)C1c2ccccc2N(C(=O)OCc2ccc(C(F)(F)F)cc2)C2CCCC21. The summed E-state index contributed by atoms with van der Waals surface area (Å²) in [6, 6.07) is 11.5. The molecule has 3 unspecified atom stereocenters. The first-order valence-electron chi connectivity index (χ1n) is 12.9. The smallest absolute Gasteiger partial charge is 0.416 e. The van der Waals surface area contributed by atoms with E-state index in [0.717, 1.165) is 49.8 Å². The Hall–Kier alpha value is -3.56. The van der Waals surface area contributed by atoms with Gasteiger partial charge in [-0.15, -0.1) is 0 Å². The van der Waals surface area contributed by atoms with Gasteiger partial charge in [0, 0.05) is 24.4 Å². The van der Waals surface area contributed by atoms with Gasteiger partial charge < -0.3 is 14.7 Å². The van der Waals surface area contributed by atoms with Crippen molar-refractivity contribution in [3.8, 4) is 0 Å². The average molecular weight is 531 g/mol. The quantitative estimate of drug-likeness (QED) is 0.480. The normalized spacial score (nSPS) is 22.4. The van der Waals surface area contributed by atoms with Crippen molar-refractivity contribution >= 4 is 23.7 Å². The molecule has 0 bridgehead atoms. The van der Waals surface area contributed by atoms with E-state index in [1.54, 1.807) is 4.90 Å². The second-order valence-corrected chi connectivity index (χ2v) is 10.2. The maximum absolute atomic E-state index is 13.4. The Morgan fingerprint density at radius 3 is 2.34 bits per heavy atom. The first-order valence-corrected chi connectivity index (χ1v) is 12.9. The summed E-state index contributed by atoms with van der Waals surface area (Å²) in [6.45, 7) is -0.168. The molecule has 38 heavy (non-hydrogen) atoms. The van der Waals surface area contributed by atoms with Crippen LogP contribution in [0.3, 0.4) is 0 Å². The van der Waals surface area contributed by atoms with Gasteiger partial charge in [0.25, 0.3) is 0 Å². The average Bonchev–Trinajstić information content (AvgIpc) is 3.61. The molecule has 0 saturated heterocycles. The number of ether oxygens (including phenoxy) is 1. The molecule has 0 spiro atoms. The lowest BCUT2D eigenvalue weighted by atomic mass is 9.81. The third kappa shape index (κ3) is 5.21. The first-order chi connectivity index (χ1) is 18.1. The topological polar surface area (TPSA) is 87.2 Å². The molecule has 2 fully saturated rings. The predicted molar refractivity (Wildman–Crippen MR) is 131 cm³/mol. The van der Waals surface area contributed by atoms with E-state index in [-0.39, 0.29) is 49.4 Å². The highest BCUT2D eigenvalue weighted by molar-refractivity contribution is 5.91. The van der Waals surface area contributed by atoms with E-state index in [1.165, 1.54) is 12.1 Å². The third-order valence-electron chi connectivity index (χ3n) is 7.70. The number of para-hydroxylation sites is 1. The number of carbonyl (C=O) groups is 3. The number of halogens is 3. The van der Waals surface area contributed by atoms with Crippen molar-refractivity contribution in [1.82, 2.24) is 4.90 Å². The molecular formula is C28H29F3N2O5. The van der Waals surface area contributed by atoms with Crippen molar-refractivity contribution in [2.75, 3.05) is 4.90 Å². The van der Waals surface area contributed by atoms with E-state index >= 15 is 0 Å². The number of fused-ring (bicyclic) bond motifs is 2. The Kier molecular flexibility index (Phi) is 7.07. The molecule has 3 atom stereocenters. The van der Waals surface area contributed by atoms with Crippen LogP contribution in [-0.2, 0) is 27.1 Å². The van der Waals surface area contributed by atoms with Gasteiger partial charge in [0.1, 0.15) is 6.61 Å². The van der Waals surface area contributed by atoms with Gasteiger partial charge in [0.05, 0.1) is 23.7 Å². The number of nitrogens with zero attached hydrogens (tertiary/aromatic N) is 2. The Bertz CT molecular complexity index is 1210. The minimum atomic E-state index is -4.44. The molecule has 2 saturated carbocycles. The van der Waals surface area contributed by atoms with E-state index in [1.807, 2.05) is 29.2 Å². The van der Waals surface area contributed by atoms with Crippen LogP contribution >= 0.6 is 0 Å². The number of carboxylic acids is 1. The number of carbonyl (C=O) groups excluding carboxylic acids is 2. The standard InChI is InChI=1S/C28H29F3N2O5/c29-28(30,31)18-10-8-17(9-11-18)16-38-27(37)33-22-6-2-1-4-20(22)26(21-5-3-7-23(21)33)32(19-12-13-19)24(34)14-15-25(35)36/h1-2,4,6,8-11,19,21,23,26H,3,5,7,12-16H2,(H,35,36). The van der Waals surface area contributed by atoms with Crippen molar-refractivity contribution < 1.29 is 37.4 Å². The maximum Gasteiger partial charge on any atom is 0.416 e. The summed E-state index contributed by atoms with van der Waals surface area (Å²) >= 11 is 0. The van der Waals surface area contributed by atoms with Crippen LogP contribution in [0.25, 0.3) is 0 Å². The summed E-state index contributed by atoms with van der Waals surface area (Å²) in [7, 11) is 0. The molecule has 0 radical (unpaired) electrons. The van der Waals surface area contributed by atoms with Crippen LogP contribution < -0.4 is 4.90 Å². The maximum atomic E-state index is 13.4. The van der Waals surface area contributed by atoms with Crippen LogP contribution in [0.4, 0.5) is 23.7 Å². The zero-order valence-electron chi connectivity index (χ0n) is 20.7. The van der Waals surface area contributed by atoms with Crippen molar-refractivity contribution in [3.05, 3.63) is 65.2 Å². The molecule has 1 N–H and O–H groups in total. The predicted octanol–water partition coefficient (Wildman–Crippen LogP) is 5.93. The molecule has 3 aliphatic rings. The van der Waals surface area contributed by atoms with Crippen molar-refractivity contribution in [3.63, 3.8) is 0 Å². The van der Waals surface area contributed by atoms with Gasteiger partial charge >= 0.3 is 18.2 Å². The Balaban J connectivity index is 1.40. The summed E-state index contributed by atoms with van der Waals surface area (Å²) < 4.78 is 44.2. The molecule has 202 valence electrons. The van der Waals surface area contributed by atoms with Gasteiger partial charge in [-0.3, -0.25) is 14.5 Å². The lowest BCUT2D eigenvalue weighted by molar-refractivity contribution is -0.142. The van der Waals surface area contributed by atoms with Gasteiger partial charge in [-0.2, -0.15) is 13.2 Å². The number of hydrogen-bond donors (Lipinski definition) is 1. The molecule has 2 aromatic carbocycles. The van der Waals surface area contributed by atoms with Gasteiger partial charge in [-0.1, -0.05) is 36.8 Å². The number of carboxylic acid groups (broad SMARTS) is 1. The molecule has 10 heteroatoms. The van der Waals surface area contributed by atoms with Gasteiger partial charge in [0.15, 0.2) is 0 Å². The molecule has 7 nitrogen and oxygen atoms in total. The number of amides is 2. The third-order valence-corrected chi connectivity index (χ3v) is 7.70. The summed E-state index contributed by atoms with van der Waals surface area (Å²) in [5, 5.41) is 9.12. The largest absolute Gasteiger partial charge is 0.481 e. The highest BCUT2D eigenvalue weighted by Gasteiger charge is 2.51. The second-order valence-electron chi connectivity index (χ2n) is 10.2. The van der Waals surface area contributed by atoms with E-state index in [2.05, 4.69) is 0 Å². The Labute approximate surface area is 218 Å². The zero-order chi connectivity index (χ0) is 27.0. The minimum Gasteiger partial charge on any atom is -0.481 e. The van der Waals surface area contributed by atoms with E-state index in [4.69, 9.17) is 9.84 Å². The summed E-state index contributed by atoms with van der Waals surface area (Å²) in [4.78, 5) is 41.3. The fourth-order valence-corrected chi connectivity index (χ4v) is 5.90. The molecule has 1 aliphatic heterocycles. The highest BCUT2D eigenvalue weighted by atomic mass is 19.4. The molecule has 5 rings (SSSR count). The lowest BCUT2D eigenvalue weighted by Crippen LogP contribution is -2.53. The summed E-state index contributed by atoms with van der Waals surface area (Å²) in [5.74, 6) is -1.23. The number of alkyl halides is 3. The first kappa shape index (κ1) is 26.1. The van der Waals surface area contributed by atoms with Crippen LogP contribution in [0.2, 0.25) is 0 Å². The van der Waals surface area contributed by atoms with Crippen molar-refractivity contribution in [1.29, 1.82) is 0 Å². The fraction of sp³-hybridized carbons (Fsp3) is 0.464. The number of hydrogen-bond acceptors (Lipinski definition) is 4. The number of aliphatic carboxylic acids is 1. The number of rotatable bonds is 7. The molecular weight excluding hydrogens is 501 g/mol. The molecule has 2 aromatic rings. The summed E-state index contributed by atoms with van der Waals surface area (Å²) in [5.41, 5.74) is 1.16. The van der Waals surface area contributed by atoms with Crippen molar-refractivity contribution in [2.45, 2.75) is 75.9 Å². The van der Waals surface area contributed by atoms with Gasteiger partial charge in [-0.25, -0.2) is 4.79 Å². The highest BCUT2D eigenvalue weighted by Crippen LogP contribution is 2.52. The van der Waals surface area contributed by atoms with Gasteiger partial charge in [0.2, 0.25) is 5.91 Å². The summed E-state index contributed by atoms with van der Waals surface area (Å²) in [6.07, 6.45) is -1.18. The van der Waals surface area contributed by atoms with E-state index < -0.39 is 23.8 Å². The molecule has 1 heterocycles. The molecule has 0 aromatic heterocycles. The molecule has 2 amide bonds. The Morgan fingerprint density at radius 2 is 1.68 bits per heavy atom.